The predicted octanol–water partition coefficient (Wildman–Crippen LogP) is 3.82. The van der Waals surface area contributed by atoms with Gasteiger partial charge in [-0.1, -0.05) is 17.7 Å². The number of amides is 2. The first kappa shape index (κ1) is 17.2. The molecule has 6 heteroatoms. The Labute approximate surface area is 159 Å². The molecule has 1 aromatic carbocycles. The van der Waals surface area contributed by atoms with E-state index < -0.39 is 0 Å². The number of hydrogen-bond donors (Lipinski definition) is 0. The average Bonchev–Trinajstić information content (AvgIpc) is 2.90. The lowest BCUT2D eigenvalue weighted by Crippen LogP contribution is -2.53. The minimum atomic E-state index is 0.108. The average molecular weight is 371 g/mol. The number of urea groups is 1. The summed E-state index contributed by atoms with van der Waals surface area (Å²) in [5.41, 5.74) is 2.19. The molecule has 2 aliphatic rings. The molecular formula is C20H23ClN4O. The van der Waals surface area contributed by atoms with Gasteiger partial charge in [-0.15, -0.1) is 0 Å². The lowest BCUT2D eigenvalue weighted by Gasteiger charge is -2.38. The molecule has 2 aliphatic heterocycles. The van der Waals surface area contributed by atoms with Gasteiger partial charge in [-0.25, -0.2) is 9.78 Å². The Balaban J connectivity index is 1.47. The third-order valence-corrected chi connectivity index (χ3v) is 5.40. The molecule has 0 atom stereocenters. The number of aryl methyl sites for hydroxylation is 1. The van der Waals surface area contributed by atoms with Crippen LogP contribution in [0.2, 0.25) is 5.02 Å². The zero-order valence-electron chi connectivity index (χ0n) is 14.8. The van der Waals surface area contributed by atoms with E-state index in [0.29, 0.717) is 0 Å². The van der Waals surface area contributed by atoms with Crippen LogP contribution in [-0.2, 0) is 6.42 Å². The van der Waals surface area contributed by atoms with Crippen LogP contribution >= 0.6 is 11.6 Å². The molecule has 1 aromatic heterocycles. The van der Waals surface area contributed by atoms with Crippen molar-refractivity contribution in [3.05, 3.63) is 53.2 Å². The highest BCUT2D eigenvalue weighted by atomic mass is 35.5. The smallest absolute Gasteiger partial charge is 0.324 e. The maximum absolute atomic E-state index is 13.2. The summed E-state index contributed by atoms with van der Waals surface area (Å²) in [6.45, 7) is 3.83. The zero-order chi connectivity index (χ0) is 17.9. The summed E-state index contributed by atoms with van der Waals surface area (Å²) in [7, 11) is 0. The first-order chi connectivity index (χ1) is 12.7. The van der Waals surface area contributed by atoms with E-state index in [0.717, 1.165) is 68.5 Å². The number of fused-ring (bicyclic) bond motifs is 1. The molecule has 4 rings (SSSR count). The van der Waals surface area contributed by atoms with Crippen molar-refractivity contribution in [3.63, 3.8) is 0 Å². The minimum absolute atomic E-state index is 0.108. The lowest BCUT2D eigenvalue weighted by molar-refractivity contribution is 0.201. The summed E-state index contributed by atoms with van der Waals surface area (Å²) < 4.78 is 0. The second-order valence-electron chi connectivity index (χ2n) is 6.83. The molecule has 26 heavy (non-hydrogen) atoms. The van der Waals surface area contributed by atoms with Crippen LogP contribution in [0.3, 0.4) is 0 Å². The number of carbonyl (C=O) groups is 1. The zero-order valence-corrected chi connectivity index (χ0v) is 15.5. The first-order valence-electron chi connectivity index (χ1n) is 9.23. The predicted molar refractivity (Wildman–Crippen MR) is 105 cm³/mol. The van der Waals surface area contributed by atoms with Gasteiger partial charge in [-0.05, 0) is 55.2 Å². The Bertz CT molecular complexity index is 775. The van der Waals surface area contributed by atoms with Crippen molar-refractivity contribution >= 4 is 29.1 Å². The summed E-state index contributed by atoms with van der Waals surface area (Å²) >= 11 is 6.15. The first-order valence-corrected chi connectivity index (χ1v) is 9.61. The van der Waals surface area contributed by atoms with E-state index in [1.54, 1.807) is 0 Å². The number of anilines is 2. The van der Waals surface area contributed by atoms with E-state index >= 15 is 0 Å². The fourth-order valence-electron chi connectivity index (χ4n) is 3.76. The maximum Gasteiger partial charge on any atom is 0.324 e. The molecule has 0 aliphatic carbocycles. The molecule has 5 nitrogen and oxygen atoms in total. The number of piperazine rings is 1. The van der Waals surface area contributed by atoms with Crippen molar-refractivity contribution < 1.29 is 4.79 Å². The molecule has 3 heterocycles. The maximum atomic E-state index is 13.2. The summed E-state index contributed by atoms with van der Waals surface area (Å²) in [6.07, 6.45) is 4.90. The number of pyridine rings is 1. The van der Waals surface area contributed by atoms with E-state index in [4.69, 9.17) is 11.6 Å². The highest BCUT2D eigenvalue weighted by Crippen LogP contribution is 2.30. The van der Waals surface area contributed by atoms with Gasteiger partial charge in [0, 0.05) is 49.6 Å². The van der Waals surface area contributed by atoms with Crippen LogP contribution < -0.4 is 9.80 Å². The SMILES string of the molecule is O=C(N1CCN(c2ccccn2)CC1)N1CCCCc2cc(Cl)ccc21. The molecule has 1 saturated heterocycles. The Morgan fingerprint density at radius 2 is 1.85 bits per heavy atom. The van der Waals surface area contributed by atoms with E-state index in [1.165, 1.54) is 5.56 Å². The molecule has 2 amide bonds. The van der Waals surface area contributed by atoms with Gasteiger partial charge < -0.3 is 9.80 Å². The summed E-state index contributed by atoms with van der Waals surface area (Å²) in [6, 6.07) is 11.9. The topological polar surface area (TPSA) is 39.7 Å². The minimum Gasteiger partial charge on any atom is -0.353 e. The van der Waals surface area contributed by atoms with Gasteiger partial charge in [0.25, 0.3) is 0 Å². The second kappa shape index (κ2) is 7.54. The van der Waals surface area contributed by atoms with Crippen molar-refractivity contribution in [2.75, 3.05) is 42.5 Å². The molecule has 0 saturated carbocycles. The van der Waals surface area contributed by atoms with Gasteiger partial charge in [0.1, 0.15) is 5.82 Å². The van der Waals surface area contributed by atoms with Gasteiger partial charge in [-0.2, -0.15) is 0 Å². The van der Waals surface area contributed by atoms with Crippen LogP contribution in [0.15, 0.2) is 42.6 Å². The normalized spacial score (nSPS) is 17.7. The third-order valence-electron chi connectivity index (χ3n) is 5.16. The van der Waals surface area contributed by atoms with Crippen molar-refractivity contribution in [3.8, 4) is 0 Å². The molecule has 2 aromatic rings. The Morgan fingerprint density at radius 3 is 2.62 bits per heavy atom. The van der Waals surface area contributed by atoms with Crippen molar-refractivity contribution in [2.45, 2.75) is 19.3 Å². The Hall–Kier alpha value is -2.27. The monoisotopic (exact) mass is 370 g/mol. The standard InChI is InChI=1S/C20H23ClN4O/c21-17-7-8-18-16(15-17)5-2-4-10-25(18)20(26)24-13-11-23(12-14-24)19-6-1-3-9-22-19/h1,3,6-9,15H,2,4-5,10-14H2. The fourth-order valence-corrected chi connectivity index (χ4v) is 3.96. The van der Waals surface area contributed by atoms with Crippen molar-refractivity contribution in [1.29, 1.82) is 0 Å². The van der Waals surface area contributed by atoms with Gasteiger partial charge in [0.15, 0.2) is 0 Å². The van der Waals surface area contributed by atoms with Gasteiger partial charge in [0.05, 0.1) is 0 Å². The largest absolute Gasteiger partial charge is 0.353 e. The third kappa shape index (κ3) is 3.49. The van der Waals surface area contributed by atoms with Crippen LogP contribution in [0.4, 0.5) is 16.3 Å². The molecule has 0 unspecified atom stereocenters. The summed E-state index contributed by atoms with van der Waals surface area (Å²) in [5.74, 6) is 0.981. The van der Waals surface area contributed by atoms with E-state index in [2.05, 4.69) is 9.88 Å². The highest BCUT2D eigenvalue weighted by Gasteiger charge is 2.28. The molecule has 0 spiro atoms. The van der Waals surface area contributed by atoms with E-state index in [9.17, 15) is 4.79 Å². The van der Waals surface area contributed by atoms with E-state index in [-0.39, 0.29) is 6.03 Å². The number of halogens is 1. The van der Waals surface area contributed by atoms with Crippen LogP contribution in [0.25, 0.3) is 0 Å². The van der Waals surface area contributed by atoms with Crippen LogP contribution in [-0.4, -0.2) is 48.6 Å². The van der Waals surface area contributed by atoms with Crippen LogP contribution in [0.1, 0.15) is 18.4 Å². The van der Waals surface area contributed by atoms with Gasteiger partial charge in [0.2, 0.25) is 0 Å². The number of hydrogen-bond acceptors (Lipinski definition) is 3. The molecule has 0 N–H and O–H groups in total. The van der Waals surface area contributed by atoms with Crippen molar-refractivity contribution in [1.82, 2.24) is 9.88 Å². The number of carbonyl (C=O) groups excluding carboxylic acids is 1. The molecular weight excluding hydrogens is 348 g/mol. The molecule has 0 bridgehead atoms. The molecule has 136 valence electrons. The highest BCUT2D eigenvalue weighted by molar-refractivity contribution is 6.30. The summed E-state index contributed by atoms with van der Waals surface area (Å²) in [5, 5.41) is 0.738. The fraction of sp³-hybridized carbons (Fsp3) is 0.400. The Morgan fingerprint density at radius 1 is 1.00 bits per heavy atom. The second-order valence-corrected chi connectivity index (χ2v) is 7.26. The quantitative estimate of drug-likeness (QED) is 0.766. The number of rotatable bonds is 1. The lowest BCUT2D eigenvalue weighted by atomic mass is 10.1. The molecule has 0 radical (unpaired) electrons. The van der Waals surface area contributed by atoms with E-state index in [1.807, 2.05) is 52.4 Å². The van der Waals surface area contributed by atoms with Gasteiger partial charge >= 0.3 is 6.03 Å². The van der Waals surface area contributed by atoms with Crippen molar-refractivity contribution in [2.24, 2.45) is 0 Å². The number of benzene rings is 1. The van der Waals surface area contributed by atoms with Crippen LogP contribution in [0.5, 0.6) is 0 Å². The summed E-state index contributed by atoms with van der Waals surface area (Å²) in [4.78, 5) is 23.7. The number of nitrogens with zero attached hydrogens (tertiary/aromatic N) is 4. The van der Waals surface area contributed by atoms with Gasteiger partial charge in [-0.3, -0.25) is 4.90 Å². The Kier molecular flexibility index (Phi) is 4.98. The molecule has 1 fully saturated rings. The number of aromatic nitrogens is 1. The van der Waals surface area contributed by atoms with Crippen LogP contribution in [0, 0.1) is 0 Å².